The van der Waals surface area contributed by atoms with Gasteiger partial charge in [-0.1, -0.05) is 12.1 Å². The van der Waals surface area contributed by atoms with Crippen LogP contribution in [0.2, 0.25) is 0 Å². The van der Waals surface area contributed by atoms with Crippen molar-refractivity contribution in [3.05, 3.63) is 29.8 Å². The normalized spacial score (nSPS) is 13.6. The first-order chi connectivity index (χ1) is 7.93. The van der Waals surface area contributed by atoms with E-state index in [1.807, 2.05) is 13.0 Å². The van der Waals surface area contributed by atoms with Crippen molar-refractivity contribution >= 4 is 10.0 Å². The molecule has 6 heteroatoms. The molecule has 1 rings (SSSR count). The molecular weight excluding hydrogens is 240 g/mol. The molecule has 1 atom stereocenters. The Balaban J connectivity index is 2.67. The lowest BCUT2D eigenvalue weighted by atomic mass is 10.2. The Bertz CT molecular complexity index is 460. The highest BCUT2D eigenvalue weighted by Gasteiger charge is 2.08. The summed E-state index contributed by atoms with van der Waals surface area (Å²) in [6.45, 7) is 3.18. The number of benzene rings is 1. The average molecular weight is 258 g/mol. The van der Waals surface area contributed by atoms with Crippen LogP contribution in [0.4, 0.5) is 0 Å². The Kier molecular flexibility index (Phi) is 5.07. The Morgan fingerprint density at radius 3 is 2.76 bits per heavy atom. The predicted molar refractivity (Wildman–Crippen MR) is 66.0 cm³/mol. The molecule has 0 bridgehead atoms. The fourth-order valence-corrected chi connectivity index (χ4v) is 2.02. The SMILES string of the molecule is COCC(C)NCc1cccc(S(N)(=O)=O)c1. The van der Waals surface area contributed by atoms with Crippen LogP contribution in [0.3, 0.4) is 0 Å². The van der Waals surface area contributed by atoms with Gasteiger partial charge in [0.2, 0.25) is 10.0 Å². The summed E-state index contributed by atoms with van der Waals surface area (Å²) in [5.41, 5.74) is 0.875. The van der Waals surface area contributed by atoms with Crippen molar-refractivity contribution in [2.75, 3.05) is 13.7 Å². The number of methoxy groups -OCH3 is 1. The van der Waals surface area contributed by atoms with Crippen molar-refractivity contribution in [3.63, 3.8) is 0 Å². The first kappa shape index (κ1) is 14.1. The first-order valence-electron chi connectivity index (χ1n) is 5.27. The summed E-state index contributed by atoms with van der Waals surface area (Å²) in [4.78, 5) is 0.135. The molecule has 1 aromatic carbocycles. The molecule has 1 unspecified atom stereocenters. The van der Waals surface area contributed by atoms with Crippen LogP contribution in [0, 0.1) is 0 Å². The predicted octanol–water partition coefficient (Wildman–Crippen LogP) is 0.459. The molecule has 0 saturated carbocycles. The average Bonchev–Trinajstić information content (AvgIpc) is 2.26. The lowest BCUT2D eigenvalue weighted by Crippen LogP contribution is -2.29. The molecule has 0 heterocycles. The highest BCUT2D eigenvalue weighted by atomic mass is 32.2. The molecule has 17 heavy (non-hydrogen) atoms. The minimum Gasteiger partial charge on any atom is -0.383 e. The standard InChI is InChI=1S/C11H18N2O3S/c1-9(8-16-2)13-7-10-4-3-5-11(6-10)17(12,14)15/h3-6,9,13H,7-8H2,1-2H3,(H2,12,14,15). The largest absolute Gasteiger partial charge is 0.383 e. The summed E-state index contributed by atoms with van der Waals surface area (Å²) in [5.74, 6) is 0. The third kappa shape index (κ3) is 4.82. The van der Waals surface area contributed by atoms with Gasteiger partial charge in [0.05, 0.1) is 11.5 Å². The van der Waals surface area contributed by atoms with Crippen LogP contribution in [0.1, 0.15) is 12.5 Å². The molecular formula is C11H18N2O3S. The number of ether oxygens (including phenoxy) is 1. The molecule has 3 N–H and O–H groups in total. The maximum atomic E-state index is 11.2. The Labute approximate surface area is 102 Å². The van der Waals surface area contributed by atoms with Crippen molar-refractivity contribution in [1.82, 2.24) is 5.32 Å². The molecule has 0 radical (unpaired) electrons. The number of hydrogen-bond acceptors (Lipinski definition) is 4. The highest BCUT2D eigenvalue weighted by Crippen LogP contribution is 2.09. The third-order valence-corrected chi connectivity index (χ3v) is 3.21. The van der Waals surface area contributed by atoms with Gasteiger partial charge < -0.3 is 10.1 Å². The van der Waals surface area contributed by atoms with Gasteiger partial charge in [-0.2, -0.15) is 0 Å². The third-order valence-electron chi connectivity index (χ3n) is 2.30. The van der Waals surface area contributed by atoms with E-state index in [0.29, 0.717) is 13.2 Å². The van der Waals surface area contributed by atoms with Crippen molar-refractivity contribution in [1.29, 1.82) is 0 Å². The Morgan fingerprint density at radius 1 is 1.47 bits per heavy atom. The van der Waals surface area contributed by atoms with E-state index in [1.54, 1.807) is 19.2 Å². The zero-order valence-corrected chi connectivity index (χ0v) is 10.8. The molecule has 0 amide bonds. The molecule has 0 spiro atoms. The number of primary sulfonamides is 1. The van der Waals surface area contributed by atoms with Gasteiger partial charge in [-0.05, 0) is 24.6 Å². The second kappa shape index (κ2) is 6.11. The number of hydrogen-bond donors (Lipinski definition) is 2. The molecule has 96 valence electrons. The summed E-state index contributed by atoms with van der Waals surface area (Å²) in [6.07, 6.45) is 0. The molecule has 0 aliphatic carbocycles. The molecule has 5 nitrogen and oxygen atoms in total. The van der Waals surface area contributed by atoms with E-state index in [0.717, 1.165) is 5.56 Å². The number of nitrogens with two attached hydrogens (primary N) is 1. The van der Waals surface area contributed by atoms with Gasteiger partial charge in [-0.25, -0.2) is 13.6 Å². The second-order valence-corrected chi connectivity index (χ2v) is 5.49. The van der Waals surface area contributed by atoms with Crippen LogP contribution >= 0.6 is 0 Å². The fourth-order valence-electron chi connectivity index (χ4n) is 1.43. The van der Waals surface area contributed by atoms with Gasteiger partial charge in [-0.15, -0.1) is 0 Å². The van der Waals surface area contributed by atoms with Crippen molar-refractivity contribution in [3.8, 4) is 0 Å². The topological polar surface area (TPSA) is 81.4 Å². The lowest BCUT2D eigenvalue weighted by Gasteiger charge is -2.12. The zero-order chi connectivity index (χ0) is 12.9. The fraction of sp³-hybridized carbons (Fsp3) is 0.455. The van der Waals surface area contributed by atoms with Crippen LogP contribution in [0.15, 0.2) is 29.2 Å². The summed E-state index contributed by atoms with van der Waals surface area (Å²) < 4.78 is 27.3. The van der Waals surface area contributed by atoms with Crippen molar-refractivity contribution in [2.45, 2.75) is 24.4 Å². The van der Waals surface area contributed by atoms with E-state index in [4.69, 9.17) is 9.88 Å². The van der Waals surface area contributed by atoms with E-state index in [2.05, 4.69) is 5.32 Å². The summed E-state index contributed by atoms with van der Waals surface area (Å²) >= 11 is 0. The molecule has 1 aromatic rings. The quantitative estimate of drug-likeness (QED) is 0.776. The van der Waals surface area contributed by atoms with Gasteiger partial charge in [0.15, 0.2) is 0 Å². The maximum absolute atomic E-state index is 11.2. The van der Waals surface area contributed by atoms with Crippen molar-refractivity contribution < 1.29 is 13.2 Å². The van der Waals surface area contributed by atoms with Gasteiger partial charge in [-0.3, -0.25) is 0 Å². The van der Waals surface area contributed by atoms with Crippen LogP contribution in [-0.2, 0) is 21.3 Å². The molecule has 0 saturated heterocycles. The van der Waals surface area contributed by atoms with Crippen LogP contribution in [-0.4, -0.2) is 28.2 Å². The van der Waals surface area contributed by atoms with E-state index in [1.165, 1.54) is 6.07 Å². The van der Waals surface area contributed by atoms with E-state index in [9.17, 15) is 8.42 Å². The molecule has 0 aromatic heterocycles. The number of rotatable bonds is 6. The summed E-state index contributed by atoms with van der Waals surface area (Å²) in [5, 5.41) is 8.28. The number of nitrogens with one attached hydrogen (secondary N) is 1. The first-order valence-corrected chi connectivity index (χ1v) is 6.82. The van der Waals surface area contributed by atoms with E-state index < -0.39 is 10.0 Å². The monoisotopic (exact) mass is 258 g/mol. The van der Waals surface area contributed by atoms with Crippen LogP contribution < -0.4 is 10.5 Å². The van der Waals surface area contributed by atoms with Gasteiger partial charge >= 0.3 is 0 Å². The summed E-state index contributed by atoms with van der Waals surface area (Å²) in [7, 11) is -1.99. The molecule has 0 fully saturated rings. The van der Waals surface area contributed by atoms with Crippen molar-refractivity contribution in [2.24, 2.45) is 5.14 Å². The van der Waals surface area contributed by atoms with Gasteiger partial charge in [0.25, 0.3) is 0 Å². The van der Waals surface area contributed by atoms with E-state index in [-0.39, 0.29) is 10.9 Å². The zero-order valence-electron chi connectivity index (χ0n) is 10.0. The molecule has 0 aliphatic rings. The van der Waals surface area contributed by atoms with Crippen LogP contribution in [0.25, 0.3) is 0 Å². The second-order valence-electron chi connectivity index (χ2n) is 3.93. The minimum atomic E-state index is -3.63. The smallest absolute Gasteiger partial charge is 0.238 e. The van der Waals surface area contributed by atoms with Gasteiger partial charge in [0.1, 0.15) is 0 Å². The van der Waals surface area contributed by atoms with Gasteiger partial charge in [0, 0.05) is 19.7 Å². The summed E-state index contributed by atoms with van der Waals surface area (Å²) in [6, 6.07) is 6.79. The van der Waals surface area contributed by atoms with Crippen LogP contribution in [0.5, 0.6) is 0 Å². The van der Waals surface area contributed by atoms with E-state index >= 15 is 0 Å². The maximum Gasteiger partial charge on any atom is 0.238 e. The Hall–Kier alpha value is -0.950. The molecule has 0 aliphatic heterocycles. The highest BCUT2D eigenvalue weighted by molar-refractivity contribution is 7.89. The minimum absolute atomic E-state index is 0.135. The number of sulfonamides is 1. The Morgan fingerprint density at radius 2 is 2.18 bits per heavy atom. The lowest BCUT2D eigenvalue weighted by molar-refractivity contribution is 0.171.